The highest BCUT2D eigenvalue weighted by Gasteiger charge is 2.26. The number of rotatable bonds is 2. The van der Waals surface area contributed by atoms with E-state index in [1.54, 1.807) is 6.20 Å². The van der Waals surface area contributed by atoms with E-state index in [4.69, 9.17) is 0 Å². The van der Waals surface area contributed by atoms with E-state index in [1.807, 2.05) is 11.6 Å². The van der Waals surface area contributed by atoms with Gasteiger partial charge in [0, 0.05) is 22.3 Å². The zero-order valence-corrected chi connectivity index (χ0v) is 10.3. The third-order valence-electron chi connectivity index (χ3n) is 2.92. The van der Waals surface area contributed by atoms with Gasteiger partial charge in [-0.3, -0.25) is 4.21 Å². The number of aromatic nitrogens is 5. The maximum Gasteiger partial charge on any atom is 0.176 e. The lowest BCUT2D eigenvalue weighted by atomic mass is 10.2. The molecule has 90 valence electrons. The van der Waals surface area contributed by atoms with E-state index in [0.29, 0.717) is 5.75 Å². The molecule has 7 heteroatoms. The van der Waals surface area contributed by atoms with Crippen molar-refractivity contribution in [1.82, 2.24) is 24.7 Å². The van der Waals surface area contributed by atoms with Crippen molar-refractivity contribution >= 4 is 10.8 Å². The SMILES string of the molecule is Cc1ncc(-c2ncnn2C2CCS(=O)C2)[nH]1. The predicted octanol–water partition coefficient (Wildman–Crippen LogP) is 0.670. The fourth-order valence-corrected chi connectivity index (χ4v) is 3.52. The summed E-state index contributed by atoms with van der Waals surface area (Å²) >= 11 is 0. The minimum atomic E-state index is -0.711. The molecule has 2 aromatic rings. The fraction of sp³-hybridized carbons (Fsp3) is 0.500. The molecule has 0 radical (unpaired) electrons. The highest BCUT2D eigenvalue weighted by atomic mass is 32.2. The molecule has 1 aliphatic rings. The Balaban J connectivity index is 1.97. The van der Waals surface area contributed by atoms with E-state index in [0.717, 1.165) is 29.5 Å². The van der Waals surface area contributed by atoms with Crippen LogP contribution in [0.25, 0.3) is 11.5 Å². The summed E-state index contributed by atoms with van der Waals surface area (Å²) in [5, 5.41) is 4.24. The van der Waals surface area contributed by atoms with Crippen molar-refractivity contribution in [2.24, 2.45) is 0 Å². The Hall–Kier alpha value is -1.50. The third kappa shape index (κ3) is 1.90. The molecule has 1 N–H and O–H groups in total. The van der Waals surface area contributed by atoms with Gasteiger partial charge in [-0.05, 0) is 13.3 Å². The molecule has 0 bridgehead atoms. The lowest BCUT2D eigenvalue weighted by Crippen LogP contribution is -2.12. The zero-order valence-electron chi connectivity index (χ0n) is 9.46. The summed E-state index contributed by atoms with van der Waals surface area (Å²) in [7, 11) is -0.711. The first-order valence-corrected chi connectivity index (χ1v) is 6.99. The molecular formula is C10H13N5OS. The summed E-state index contributed by atoms with van der Waals surface area (Å²) in [5.41, 5.74) is 0.859. The van der Waals surface area contributed by atoms with Gasteiger partial charge in [0.1, 0.15) is 17.8 Å². The van der Waals surface area contributed by atoms with Crippen LogP contribution in [0.2, 0.25) is 0 Å². The van der Waals surface area contributed by atoms with E-state index in [2.05, 4.69) is 20.1 Å². The van der Waals surface area contributed by atoms with Crippen molar-refractivity contribution in [1.29, 1.82) is 0 Å². The van der Waals surface area contributed by atoms with Crippen molar-refractivity contribution < 1.29 is 4.21 Å². The molecular weight excluding hydrogens is 238 g/mol. The molecule has 0 amide bonds. The van der Waals surface area contributed by atoms with Crippen LogP contribution in [-0.2, 0) is 10.8 Å². The molecule has 3 rings (SSSR count). The number of nitrogens with zero attached hydrogens (tertiary/aromatic N) is 4. The number of H-pyrrole nitrogens is 1. The van der Waals surface area contributed by atoms with Gasteiger partial charge in [0.25, 0.3) is 0 Å². The molecule has 0 aromatic carbocycles. The van der Waals surface area contributed by atoms with Gasteiger partial charge in [-0.1, -0.05) is 0 Å². The van der Waals surface area contributed by atoms with E-state index < -0.39 is 10.8 Å². The van der Waals surface area contributed by atoms with Gasteiger partial charge in [-0.25, -0.2) is 14.6 Å². The number of imidazole rings is 1. The van der Waals surface area contributed by atoms with Crippen LogP contribution in [-0.4, -0.2) is 40.4 Å². The fourth-order valence-electron chi connectivity index (χ4n) is 2.09. The lowest BCUT2D eigenvalue weighted by molar-refractivity contribution is 0.505. The van der Waals surface area contributed by atoms with Gasteiger partial charge in [-0.15, -0.1) is 0 Å². The zero-order chi connectivity index (χ0) is 11.8. The van der Waals surface area contributed by atoms with Crippen LogP contribution in [0.5, 0.6) is 0 Å². The van der Waals surface area contributed by atoms with Crippen molar-refractivity contribution in [2.45, 2.75) is 19.4 Å². The lowest BCUT2D eigenvalue weighted by Gasteiger charge is -2.10. The molecule has 2 aromatic heterocycles. The van der Waals surface area contributed by atoms with Crippen molar-refractivity contribution in [3.63, 3.8) is 0 Å². The van der Waals surface area contributed by atoms with Gasteiger partial charge in [0.2, 0.25) is 0 Å². The van der Waals surface area contributed by atoms with Crippen molar-refractivity contribution in [2.75, 3.05) is 11.5 Å². The summed E-state index contributed by atoms with van der Waals surface area (Å²) in [4.78, 5) is 11.6. The van der Waals surface area contributed by atoms with Gasteiger partial charge >= 0.3 is 0 Å². The van der Waals surface area contributed by atoms with Crippen LogP contribution in [0.15, 0.2) is 12.5 Å². The number of aromatic amines is 1. The standard InChI is InChI=1S/C10H13N5OS/c1-7-11-4-9(14-7)10-12-6-13-15(10)8-2-3-17(16)5-8/h4,6,8H,2-3,5H2,1H3,(H,11,14). The smallest absolute Gasteiger partial charge is 0.176 e. The van der Waals surface area contributed by atoms with Gasteiger partial charge in [0.05, 0.1) is 12.2 Å². The molecule has 1 aliphatic heterocycles. The van der Waals surface area contributed by atoms with Crippen LogP contribution < -0.4 is 0 Å². The molecule has 3 heterocycles. The summed E-state index contributed by atoms with van der Waals surface area (Å²) in [5.74, 6) is 3.05. The quantitative estimate of drug-likeness (QED) is 0.851. The minimum Gasteiger partial charge on any atom is -0.340 e. The summed E-state index contributed by atoms with van der Waals surface area (Å²) in [6.07, 6.45) is 4.19. The Morgan fingerprint density at radius 1 is 1.53 bits per heavy atom. The Morgan fingerprint density at radius 2 is 2.41 bits per heavy atom. The second-order valence-corrected chi connectivity index (χ2v) is 5.78. The second kappa shape index (κ2) is 4.06. The summed E-state index contributed by atoms with van der Waals surface area (Å²) in [6, 6.07) is 0.192. The Bertz CT molecular complexity index is 561. The highest BCUT2D eigenvalue weighted by molar-refractivity contribution is 7.85. The Morgan fingerprint density at radius 3 is 3.06 bits per heavy atom. The third-order valence-corrected chi connectivity index (χ3v) is 4.37. The predicted molar refractivity (Wildman–Crippen MR) is 63.9 cm³/mol. The molecule has 0 spiro atoms. The average molecular weight is 251 g/mol. The summed E-state index contributed by atoms with van der Waals surface area (Å²) < 4.78 is 13.3. The Labute approximate surface area is 101 Å². The number of aryl methyl sites for hydroxylation is 1. The molecule has 1 saturated heterocycles. The van der Waals surface area contributed by atoms with Crippen LogP contribution >= 0.6 is 0 Å². The Kier molecular flexibility index (Phi) is 2.54. The van der Waals surface area contributed by atoms with Crippen molar-refractivity contribution in [3.8, 4) is 11.5 Å². The summed E-state index contributed by atoms with van der Waals surface area (Å²) in [6.45, 7) is 1.90. The van der Waals surface area contributed by atoms with E-state index in [1.165, 1.54) is 6.33 Å². The molecule has 0 aliphatic carbocycles. The van der Waals surface area contributed by atoms with Gasteiger partial charge in [0.15, 0.2) is 5.82 Å². The second-order valence-electron chi connectivity index (χ2n) is 4.16. The highest BCUT2D eigenvalue weighted by Crippen LogP contribution is 2.25. The van der Waals surface area contributed by atoms with Crippen LogP contribution in [0.1, 0.15) is 18.3 Å². The monoisotopic (exact) mass is 251 g/mol. The van der Waals surface area contributed by atoms with E-state index in [-0.39, 0.29) is 6.04 Å². The topological polar surface area (TPSA) is 76.5 Å². The number of nitrogens with one attached hydrogen (secondary N) is 1. The average Bonchev–Trinajstić information content (AvgIpc) is 2.96. The van der Waals surface area contributed by atoms with Crippen molar-refractivity contribution in [3.05, 3.63) is 18.3 Å². The van der Waals surface area contributed by atoms with Crippen LogP contribution in [0.4, 0.5) is 0 Å². The van der Waals surface area contributed by atoms with E-state index in [9.17, 15) is 4.21 Å². The first-order chi connectivity index (χ1) is 8.24. The first kappa shape index (κ1) is 10.6. The van der Waals surface area contributed by atoms with Crippen LogP contribution in [0.3, 0.4) is 0 Å². The van der Waals surface area contributed by atoms with Gasteiger partial charge < -0.3 is 4.98 Å². The maximum absolute atomic E-state index is 11.4. The molecule has 6 nitrogen and oxygen atoms in total. The molecule has 2 unspecified atom stereocenters. The van der Waals surface area contributed by atoms with Gasteiger partial charge in [-0.2, -0.15) is 5.10 Å². The van der Waals surface area contributed by atoms with E-state index >= 15 is 0 Å². The number of hydrogen-bond acceptors (Lipinski definition) is 4. The normalized spacial score (nSPS) is 24.3. The molecule has 1 fully saturated rings. The number of hydrogen-bond donors (Lipinski definition) is 1. The van der Waals surface area contributed by atoms with Crippen LogP contribution in [0, 0.1) is 6.92 Å². The molecule has 0 saturated carbocycles. The minimum absolute atomic E-state index is 0.192. The molecule has 17 heavy (non-hydrogen) atoms. The first-order valence-electron chi connectivity index (χ1n) is 5.50. The maximum atomic E-state index is 11.4. The largest absolute Gasteiger partial charge is 0.340 e. The molecule has 2 atom stereocenters.